The van der Waals surface area contributed by atoms with Gasteiger partial charge in [0, 0.05) is 34.3 Å². The van der Waals surface area contributed by atoms with Gasteiger partial charge in [0.05, 0.1) is 11.6 Å². The quantitative estimate of drug-likeness (QED) is 0.608. The Morgan fingerprint density at radius 3 is 2.56 bits per heavy atom. The van der Waals surface area contributed by atoms with Crippen LogP contribution >= 0.6 is 23.2 Å². The van der Waals surface area contributed by atoms with Gasteiger partial charge >= 0.3 is 0 Å². The lowest BCUT2D eigenvalue weighted by Gasteiger charge is -2.43. The highest BCUT2D eigenvalue weighted by Crippen LogP contribution is 2.59. The third kappa shape index (κ3) is 3.05. The van der Waals surface area contributed by atoms with E-state index in [0.717, 1.165) is 18.4 Å². The first-order valence-electron chi connectivity index (χ1n) is 11.2. The number of hydrogen-bond donors (Lipinski definition) is 2. The molecule has 5 rings (SSSR count). The van der Waals surface area contributed by atoms with Crippen LogP contribution in [0.1, 0.15) is 50.2 Å². The van der Waals surface area contributed by atoms with E-state index in [1.807, 2.05) is 6.07 Å². The Bertz CT molecular complexity index is 1070. The number of rotatable bonds is 3. The summed E-state index contributed by atoms with van der Waals surface area (Å²) in [5, 5.41) is 14.0. The summed E-state index contributed by atoms with van der Waals surface area (Å²) in [6, 6.07) is 10.2. The summed E-state index contributed by atoms with van der Waals surface area (Å²) in [6.45, 7) is 4.37. The summed E-state index contributed by atoms with van der Waals surface area (Å²) >= 11 is 12.4. The van der Waals surface area contributed by atoms with Crippen LogP contribution in [-0.4, -0.2) is 34.6 Å². The van der Waals surface area contributed by atoms with Crippen molar-refractivity contribution in [3.8, 4) is 0 Å². The summed E-state index contributed by atoms with van der Waals surface area (Å²) in [5.74, 6) is -0.172. The SMILES string of the molecule is C[C@H]1CC(N2[C@@H](CO)C[C@H](c3cccc(Cl)c3F)[C@]23C(=O)Nc2cc(Cl)ccc23)C[C@@H]1C. The highest BCUT2D eigenvalue weighted by molar-refractivity contribution is 6.31. The van der Waals surface area contributed by atoms with E-state index in [0.29, 0.717) is 34.5 Å². The molecule has 4 nitrogen and oxygen atoms in total. The maximum absolute atomic E-state index is 15.4. The fourth-order valence-corrected chi connectivity index (χ4v) is 6.81. The van der Waals surface area contributed by atoms with Crippen LogP contribution in [0.3, 0.4) is 0 Å². The minimum atomic E-state index is -1.13. The average molecular weight is 477 g/mol. The number of benzene rings is 2. The molecule has 5 atom stereocenters. The van der Waals surface area contributed by atoms with Gasteiger partial charge in [-0.2, -0.15) is 0 Å². The van der Waals surface area contributed by atoms with Gasteiger partial charge in [-0.1, -0.05) is 55.2 Å². The van der Waals surface area contributed by atoms with Crippen molar-refractivity contribution in [2.75, 3.05) is 11.9 Å². The summed E-state index contributed by atoms with van der Waals surface area (Å²) in [6.07, 6.45) is 2.32. The molecular formula is C25H27Cl2FN2O2. The van der Waals surface area contributed by atoms with E-state index in [1.54, 1.807) is 24.3 Å². The molecule has 1 spiro atoms. The zero-order valence-electron chi connectivity index (χ0n) is 18.1. The van der Waals surface area contributed by atoms with Crippen molar-refractivity contribution in [1.82, 2.24) is 4.90 Å². The Labute approximate surface area is 197 Å². The number of anilines is 1. The van der Waals surface area contributed by atoms with Crippen molar-refractivity contribution >= 4 is 34.8 Å². The number of aliphatic hydroxyl groups is 1. The number of nitrogens with zero attached hydrogens (tertiary/aromatic N) is 1. The number of halogens is 3. The van der Waals surface area contributed by atoms with E-state index in [4.69, 9.17) is 23.2 Å². The first-order valence-corrected chi connectivity index (χ1v) is 12.0. The lowest BCUT2D eigenvalue weighted by Crippen LogP contribution is -2.56. The molecule has 0 unspecified atom stereocenters. The van der Waals surface area contributed by atoms with E-state index in [2.05, 4.69) is 24.1 Å². The largest absolute Gasteiger partial charge is 0.395 e. The predicted molar refractivity (Wildman–Crippen MR) is 125 cm³/mol. The van der Waals surface area contributed by atoms with Crippen molar-refractivity contribution in [3.05, 3.63) is 63.4 Å². The van der Waals surface area contributed by atoms with Gasteiger partial charge < -0.3 is 10.4 Å². The molecule has 170 valence electrons. The molecule has 1 amide bonds. The minimum Gasteiger partial charge on any atom is -0.395 e. The Hall–Kier alpha value is -1.66. The molecule has 3 aliphatic rings. The highest BCUT2D eigenvalue weighted by atomic mass is 35.5. The second-order valence-electron chi connectivity index (χ2n) is 9.67. The number of hydrogen-bond acceptors (Lipinski definition) is 3. The van der Waals surface area contributed by atoms with Gasteiger partial charge in [-0.25, -0.2) is 4.39 Å². The number of carbonyl (C=O) groups excluding carboxylic acids is 1. The first-order chi connectivity index (χ1) is 15.3. The smallest absolute Gasteiger partial charge is 0.250 e. The molecule has 1 saturated heterocycles. The number of fused-ring (bicyclic) bond motifs is 2. The zero-order valence-corrected chi connectivity index (χ0v) is 19.6. The lowest BCUT2D eigenvalue weighted by molar-refractivity contribution is -0.130. The molecular weight excluding hydrogens is 450 g/mol. The molecule has 2 aromatic carbocycles. The van der Waals surface area contributed by atoms with Gasteiger partial charge in [0.1, 0.15) is 11.4 Å². The van der Waals surface area contributed by atoms with E-state index >= 15 is 4.39 Å². The third-order valence-electron chi connectivity index (χ3n) is 8.02. The molecule has 2 aliphatic heterocycles. The van der Waals surface area contributed by atoms with Crippen LogP contribution in [0.4, 0.5) is 10.1 Å². The number of aliphatic hydroxyl groups excluding tert-OH is 1. The molecule has 1 saturated carbocycles. The molecule has 2 aromatic rings. The molecule has 0 bridgehead atoms. The van der Waals surface area contributed by atoms with Crippen molar-refractivity contribution in [3.63, 3.8) is 0 Å². The van der Waals surface area contributed by atoms with E-state index in [-0.39, 0.29) is 29.6 Å². The molecule has 32 heavy (non-hydrogen) atoms. The molecule has 7 heteroatoms. The molecule has 2 heterocycles. The molecule has 2 N–H and O–H groups in total. The highest BCUT2D eigenvalue weighted by Gasteiger charge is 2.65. The summed E-state index contributed by atoms with van der Waals surface area (Å²) in [5.41, 5.74) is 0.723. The Morgan fingerprint density at radius 1 is 1.16 bits per heavy atom. The zero-order chi connectivity index (χ0) is 22.8. The van der Waals surface area contributed by atoms with E-state index < -0.39 is 17.3 Å². The average Bonchev–Trinajstić information content (AvgIpc) is 3.36. The second kappa shape index (κ2) is 7.98. The Kier molecular flexibility index (Phi) is 5.52. The van der Waals surface area contributed by atoms with E-state index in [9.17, 15) is 9.90 Å². The first kappa shape index (κ1) is 22.1. The van der Waals surface area contributed by atoms with Crippen molar-refractivity contribution in [2.45, 2.75) is 56.7 Å². The van der Waals surface area contributed by atoms with Gasteiger partial charge in [0.15, 0.2) is 0 Å². The van der Waals surface area contributed by atoms with Crippen molar-refractivity contribution < 1.29 is 14.3 Å². The van der Waals surface area contributed by atoms with Crippen LogP contribution in [0.25, 0.3) is 0 Å². The topological polar surface area (TPSA) is 52.6 Å². The molecule has 0 aromatic heterocycles. The summed E-state index contributed by atoms with van der Waals surface area (Å²) in [7, 11) is 0. The summed E-state index contributed by atoms with van der Waals surface area (Å²) in [4.78, 5) is 16.1. The second-order valence-corrected chi connectivity index (χ2v) is 10.5. The van der Waals surface area contributed by atoms with Gasteiger partial charge in [0.2, 0.25) is 5.91 Å². The maximum Gasteiger partial charge on any atom is 0.250 e. The van der Waals surface area contributed by atoms with Crippen LogP contribution in [-0.2, 0) is 10.3 Å². The normalized spacial score (nSPS) is 32.6. The van der Waals surface area contributed by atoms with Crippen molar-refractivity contribution in [1.29, 1.82) is 0 Å². The lowest BCUT2D eigenvalue weighted by atomic mass is 9.75. The molecule has 2 fully saturated rings. The predicted octanol–water partition coefficient (Wildman–Crippen LogP) is 5.56. The van der Waals surface area contributed by atoms with Crippen LogP contribution < -0.4 is 5.32 Å². The van der Waals surface area contributed by atoms with Gasteiger partial charge in [0.25, 0.3) is 0 Å². The standard InChI is InChI=1S/C25H27Cl2FN2O2/c1-13-8-16(9-14(13)2)30-17(12-31)11-20(18-4-3-5-21(27)23(18)28)25(30)19-7-6-15(26)10-22(19)29-24(25)32/h3-7,10,13-14,16-17,20,31H,8-9,11-12H2,1-2H3,(H,29,32)/t13-,14-,17+,20+,25+/m0/s1. The van der Waals surface area contributed by atoms with Crippen LogP contribution in [0.2, 0.25) is 10.0 Å². The Morgan fingerprint density at radius 2 is 1.88 bits per heavy atom. The van der Waals surface area contributed by atoms with E-state index in [1.165, 1.54) is 6.07 Å². The number of nitrogens with one attached hydrogen (secondary N) is 1. The third-order valence-corrected chi connectivity index (χ3v) is 8.55. The number of carbonyl (C=O) groups is 1. The van der Waals surface area contributed by atoms with Crippen LogP contribution in [0.5, 0.6) is 0 Å². The fourth-order valence-electron chi connectivity index (χ4n) is 6.46. The molecule has 0 radical (unpaired) electrons. The molecule has 1 aliphatic carbocycles. The van der Waals surface area contributed by atoms with Gasteiger partial charge in [-0.3, -0.25) is 9.69 Å². The number of amides is 1. The number of likely N-dealkylation sites (tertiary alicyclic amines) is 1. The summed E-state index contributed by atoms with van der Waals surface area (Å²) < 4.78 is 15.4. The monoisotopic (exact) mass is 476 g/mol. The van der Waals surface area contributed by atoms with Crippen LogP contribution in [0, 0.1) is 17.7 Å². The maximum atomic E-state index is 15.4. The van der Waals surface area contributed by atoms with Gasteiger partial charge in [-0.05, 0) is 54.9 Å². The van der Waals surface area contributed by atoms with Crippen LogP contribution in [0.15, 0.2) is 36.4 Å². The van der Waals surface area contributed by atoms with Gasteiger partial charge in [-0.15, -0.1) is 0 Å². The van der Waals surface area contributed by atoms with Crippen molar-refractivity contribution in [2.24, 2.45) is 11.8 Å². The Balaban J connectivity index is 1.76. The minimum absolute atomic E-state index is 0.0366. The fraction of sp³-hybridized carbons (Fsp3) is 0.480.